The van der Waals surface area contributed by atoms with E-state index in [0.717, 1.165) is 0 Å². The van der Waals surface area contributed by atoms with Crippen LogP contribution in [-0.4, -0.2) is 0 Å². The molecule has 0 saturated carbocycles. The van der Waals surface area contributed by atoms with Crippen LogP contribution in [-0.2, 0) is 27.7 Å². The zero-order valence-corrected chi connectivity index (χ0v) is 23.6. The van der Waals surface area contributed by atoms with E-state index in [9.17, 15) is 0 Å². The number of halogens is 2. The van der Waals surface area contributed by atoms with Crippen LogP contribution in [0, 0.1) is 27.7 Å². The number of fused-ring (bicyclic) bond motifs is 1. The van der Waals surface area contributed by atoms with Crippen molar-refractivity contribution >= 4 is 46.9 Å². The van der Waals surface area contributed by atoms with E-state index in [1.807, 2.05) is 0 Å². The zero-order chi connectivity index (χ0) is 19.7. The summed E-state index contributed by atoms with van der Waals surface area (Å²) in [4.78, 5) is 0. The second kappa shape index (κ2) is 12.9. The average molecular weight is 652 g/mol. The maximum absolute atomic E-state index is 2.45. The van der Waals surface area contributed by atoms with Gasteiger partial charge in [-0.15, -0.1) is 40.6 Å². The summed E-state index contributed by atoms with van der Waals surface area (Å²) in [5, 5.41) is 2.75. The van der Waals surface area contributed by atoms with Crippen LogP contribution in [0.2, 0.25) is 0 Å². The van der Waals surface area contributed by atoms with Gasteiger partial charge >= 0.3 is 50.9 Å². The van der Waals surface area contributed by atoms with Crippen LogP contribution in [0.1, 0.15) is 53.6 Å². The van der Waals surface area contributed by atoms with E-state index in [1.54, 1.807) is 5.56 Å². The topological polar surface area (TPSA) is 0 Å². The predicted octanol–water partition coefficient (Wildman–Crippen LogP) is 8.48. The number of hydrogen-bond donors (Lipinski definition) is 0. The van der Waals surface area contributed by atoms with Gasteiger partial charge < -0.3 is 0 Å². The molecule has 0 aliphatic carbocycles. The molecule has 3 rings (SSSR count). The Morgan fingerprint density at radius 1 is 0.962 bits per heavy atom. The van der Waals surface area contributed by atoms with Gasteiger partial charge in [-0.25, -0.2) is 0 Å². The minimum atomic E-state index is 0.170. The molecule has 140 valence electrons. The molecule has 0 saturated heterocycles. The second-order valence-corrected chi connectivity index (χ2v) is 25.6. The van der Waals surface area contributed by atoms with Crippen LogP contribution in [0.25, 0.3) is 10.8 Å². The van der Waals surface area contributed by atoms with E-state index < -0.39 is 0 Å². The Labute approximate surface area is 190 Å². The van der Waals surface area contributed by atoms with Crippen molar-refractivity contribution in [2.75, 3.05) is 0 Å². The van der Waals surface area contributed by atoms with Gasteiger partial charge in [0.15, 0.2) is 0 Å². The summed E-state index contributed by atoms with van der Waals surface area (Å²) in [5.41, 5.74) is 9.00. The number of hydrogen-bond acceptors (Lipinski definition) is 0. The van der Waals surface area contributed by atoms with Crippen molar-refractivity contribution in [3.63, 3.8) is 0 Å². The van der Waals surface area contributed by atoms with Crippen LogP contribution in [0.3, 0.4) is 0 Å². The fraction of sp³-hybridized carbons (Fsp3) is 0.391. The predicted molar refractivity (Wildman–Crippen MR) is 132 cm³/mol. The molecule has 0 spiro atoms. The molecule has 0 nitrogen and oxygen atoms in total. The Morgan fingerprint density at radius 2 is 1.50 bits per heavy atom. The third-order valence-corrected chi connectivity index (χ3v) is 5.16. The Bertz CT molecular complexity index is 737. The molecule has 0 heterocycles. The molecule has 0 aromatic heterocycles. The molecule has 0 unspecified atom stereocenters. The van der Waals surface area contributed by atoms with Crippen LogP contribution >= 0.6 is 36.1 Å². The van der Waals surface area contributed by atoms with Gasteiger partial charge in [0.2, 0.25) is 0 Å². The van der Waals surface area contributed by atoms with Crippen molar-refractivity contribution in [3.8, 4) is 0 Å². The van der Waals surface area contributed by atoms with Crippen molar-refractivity contribution < 1.29 is 14.9 Å². The average Bonchev–Trinajstić information content (AvgIpc) is 3.11. The number of benzene rings is 1. The summed E-state index contributed by atoms with van der Waals surface area (Å²) in [6.07, 6.45) is 3.61. The van der Waals surface area contributed by atoms with Crippen molar-refractivity contribution in [1.29, 1.82) is 0 Å². The maximum atomic E-state index is 2.45. The molecule has 0 amide bonds. The van der Waals surface area contributed by atoms with Crippen molar-refractivity contribution in [2.24, 2.45) is 0 Å². The third-order valence-electron chi connectivity index (χ3n) is 5.16. The molecule has 0 bridgehead atoms. The first-order chi connectivity index (χ1) is 12.4. The molecule has 0 aliphatic heterocycles. The molecule has 0 atom stereocenters. The first kappa shape index (κ1) is 24.6. The first-order valence-electron chi connectivity index (χ1n) is 9.23. The summed E-state index contributed by atoms with van der Waals surface area (Å²) in [5.74, 6) is 0. The molecule has 3 aromatic carbocycles. The van der Waals surface area contributed by atoms with Crippen molar-refractivity contribution in [2.45, 2.75) is 60.8 Å². The van der Waals surface area contributed by atoms with Gasteiger partial charge in [0, 0.05) is 0 Å². The van der Waals surface area contributed by atoms with Gasteiger partial charge in [0.25, 0.3) is 0 Å². The van der Waals surface area contributed by atoms with Crippen LogP contribution in [0.5, 0.6) is 0 Å². The molecule has 0 radical (unpaired) electrons. The van der Waals surface area contributed by atoms with Gasteiger partial charge in [0.1, 0.15) is 0 Å². The van der Waals surface area contributed by atoms with Crippen LogP contribution < -0.4 is 0 Å². The summed E-state index contributed by atoms with van der Waals surface area (Å²) < 4.78 is 0. The molecular formula is C23H30I2Zr. The van der Waals surface area contributed by atoms with E-state index in [4.69, 9.17) is 0 Å². The number of rotatable bonds is 3. The van der Waals surface area contributed by atoms with E-state index in [2.05, 4.69) is 114 Å². The van der Waals surface area contributed by atoms with Crippen molar-refractivity contribution in [3.05, 3.63) is 69.8 Å². The molecule has 0 fully saturated rings. The molecular weight excluding hydrogens is 621 g/mol. The monoisotopic (exact) mass is 650 g/mol. The minimum absolute atomic E-state index is 0.170. The number of aryl methyl sites for hydroxylation is 1. The molecule has 0 N–H and O–H groups in total. The van der Waals surface area contributed by atoms with Gasteiger partial charge in [-0.05, 0) is 6.42 Å². The standard InChI is InChI=1S/C12H13.C11H17.2HI.Zr/c1-2-5-10-8-11-6-3-4-7-12(11)9-10;1-6-11-9(4)7(2)8(3)10(11)5;;;/h3-4,6-9H,2,5H2,1H3;6H2,1-5H3;2*1H;/q2*-1;;;+4/p-2. The van der Waals surface area contributed by atoms with Crippen LogP contribution in [0.4, 0.5) is 0 Å². The Morgan fingerprint density at radius 3 is 1.92 bits per heavy atom. The third kappa shape index (κ3) is 6.85. The molecule has 0 aliphatic rings. The Hall–Kier alpha value is 0.523. The second-order valence-electron chi connectivity index (χ2n) is 6.65. The van der Waals surface area contributed by atoms with Crippen molar-refractivity contribution in [1.82, 2.24) is 0 Å². The molecule has 3 heteroatoms. The molecule has 3 aromatic rings. The quantitative estimate of drug-likeness (QED) is 0.197. The van der Waals surface area contributed by atoms with Gasteiger partial charge in [-0.2, -0.15) is 33.9 Å². The zero-order valence-electron chi connectivity index (χ0n) is 16.8. The van der Waals surface area contributed by atoms with Gasteiger partial charge in [-0.1, -0.05) is 60.5 Å². The van der Waals surface area contributed by atoms with Gasteiger partial charge in [0.05, 0.1) is 0 Å². The van der Waals surface area contributed by atoms with E-state index in [1.165, 1.54) is 57.9 Å². The SMILES string of the molecule is CCCc1cc2ccccc2[cH-]1.CC[c-]1c(C)c(C)c(C)c1C.[I][Zr+2][I]. The first-order valence-corrected chi connectivity index (χ1v) is 23.9. The van der Waals surface area contributed by atoms with E-state index in [-0.39, 0.29) is 14.9 Å². The fourth-order valence-corrected chi connectivity index (χ4v) is 3.47. The Kier molecular flexibility index (Phi) is 12.2. The summed E-state index contributed by atoms with van der Waals surface area (Å²) in [6, 6.07) is 13.1. The summed E-state index contributed by atoms with van der Waals surface area (Å²) >= 11 is 5.06. The van der Waals surface area contributed by atoms with Crippen LogP contribution in [0.15, 0.2) is 36.4 Å². The normalized spacial score (nSPS) is 9.85. The van der Waals surface area contributed by atoms with E-state index in [0.29, 0.717) is 0 Å². The Balaban J connectivity index is 0.000000227. The van der Waals surface area contributed by atoms with E-state index >= 15 is 0 Å². The summed E-state index contributed by atoms with van der Waals surface area (Å²) in [6.45, 7) is 13.3. The fourth-order valence-electron chi connectivity index (χ4n) is 3.47. The molecule has 26 heavy (non-hydrogen) atoms. The van der Waals surface area contributed by atoms with Gasteiger partial charge in [-0.3, -0.25) is 0 Å². The summed E-state index contributed by atoms with van der Waals surface area (Å²) in [7, 11) is 0.